The number of anilines is 1. The Kier molecular flexibility index (Phi) is 4.60. The van der Waals surface area contributed by atoms with Crippen molar-refractivity contribution in [3.05, 3.63) is 46.5 Å². The molecule has 2 aromatic rings. The highest BCUT2D eigenvalue weighted by molar-refractivity contribution is 5.89. The molecule has 1 aromatic carbocycles. The van der Waals surface area contributed by atoms with Crippen molar-refractivity contribution in [2.75, 3.05) is 18.0 Å². The van der Waals surface area contributed by atoms with Crippen molar-refractivity contribution in [3.8, 4) is 0 Å². The van der Waals surface area contributed by atoms with Gasteiger partial charge < -0.3 is 4.90 Å². The van der Waals surface area contributed by atoms with Gasteiger partial charge in [-0.15, -0.1) is 10.2 Å². The molecule has 0 unspecified atom stereocenters. The molecule has 21 heavy (non-hydrogen) atoms. The fourth-order valence-corrected chi connectivity index (χ4v) is 1.99. The quantitative estimate of drug-likeness (QED) is 0.460. The zero-order valence-electron chi connectivity index (χ0n) is 11.9. The van der Waals surface area contributed by atoms with Crippen molar-refractivity contribution in [3.63, 3.8) is 0 Å². The zero-order chi connectivity index (χ0) is 15.2. The molecule has 8 nitrogen and oxygen atoms in total. The minimum absolute atomic E-state index is 0.0381. The normalized spacial score (nSPS) is 11.0. The summed E-state index contributed by atoms with van der Waals surface area (Å²) in [5, 5.41) is 22.4. The zero-order valence-corrected chi connectivity index (χ0v) is 11.9. The second kappa shape index (κ2) is 6.60. The Labute approximate surface area is 121 Å². The maximum atomic E-state index is 10.9. The van der Waals surface area contributed by atoms with Crippen molar-refractivity contribution >= 4 is 17.6 Å². The highest BCUT2D eigenvalue weighted by Gasteiger charge is 2.13. The number of rotatable bonds is 6. The summed E-state index contributed by atoms with van der Waals surface area (Å²) < 4.78 is 1.44. The first-order valence-corrected chi connectivity index (χ1v) is 6.58. The van der Waals surface area contributed by atoms with Gasteiger partial charge in [0.2, 0.25) is 0 Å². The summed E-state index contributed by atoms with van der Waals surface area (Å²) in [4.78, 5) is 12.6. The Hall–Kier alpha value is -2.77. The average molecular weight is 288 g/mol. The van der Waals surface area contributed by atoms with E-state index in [1.165, 1.54) is 29.5 Å². The van der Waals surface area contributed by atoms with Crippen LogP contribution in [0.25, 0.3) is 0 Å². The van der Waals surface area contributed by atoms with Gasteiger partial charge in [-0.1, -0.05) is 0 Å². The summed E-state index contributed by atoms with van der Waals surface area (Å²) in [6, 6.07) is 4.77. The van der Waals surface area contributed by atoms with Gasteiger partial charge in [-0.05, 0) is 19.9 Å². The second-order valence-corrected chi connectivity index (χ2v) is 4.26. The van der Waals surface area contributed by atoms with Gasteiger partial charge in [0, 0.05) is 36.5 Å². The molecular formula is C13H16N6O2. The third-order valence-electron chi connectivity index (χ3n) is 3.06. The third-order valence-corrected chi connectivity index (χ3v) is 3.06. The van der Waals surface area contributed by atoms with Crippen LogP contribution in [0.3, 0.4) is 0 Å². The molecule has 1 aromatic heterocycles. The van der Waals surface area contributed by atoms with Gasteiger partial charge in [-0.3, -0.25) is 10.1 Å². The lowest BCUT2D eigenvalue weighted by Crippen LogP contribution is -2.23. The minimum atomic E-state index is -0.415. The number of nitro benzene ring substituents is 1. The molecule has 0 radical (unpaired) electrons. The van der Waals surface area contributed by atoms with Crippen LogP contribution < -0.4 is 4.90 Å². The maximum absolute atomic E-state index is 10.9. The van der Waals surface area contributed by atoms with Gasteiger partial charge in [-0.25, -0.2) is 4.68 Å². The molecular weight excluding hydrogens is 272 g/mol. The van der Waals surface area contributed by atoms with E-state index in [-0.39, 0.29) is 5.69 Å². The fraction of sp³-hybridized carbons (Fsp3) is 0.308. The van der Waals surface area contributed by atoms with E-state index in [1.807, 2.05) is 13.8 Å². The highest BCUT2D eigenvalue weighted by Crippen LogP contribution is 2.24. The number of nitrogens with zero attached hydrogens (tertiary/aromatic N) is 6. The average Bonchev–Trinajstić information content (AvgIpc) is 3.00. The number of aromatic nitrogens is 3. The van der Waals surface area contributed by atoms with Gasteiger partial charge in [0.1, 0.15) is 12.7 Å². The number of non-ortho nitro benzene ring substituents is 1. The van der Waals surface area contributed by atoms with Crippen LogP contribution in [0.4, 0.5) is 11.4 Å². The van der Waals surface area contributed by atoms with Crippen LogP contribution in [0.1, 0.15) is 19.4 Å². The van der Waals surface area contributed by atoms with Gasteiger partial charge in [0.15, 0.2) is 0 Å². The van der Waals surface area contributed by atoms with Gasteiger partial charge in [0.05, 0.1) is 11.1 Å². The summed E-state index contributed by atoms with van der Waals surface area (Å²) in [5.74, 6) is 0. The molecule has 0 bridgehead atoms. The van der Waals surface area contributed by atoms with E-state index in [0.717, 1.165) is 18.8 Å². The van der Waals surface area contributed by atoms with Crippen LogP contribution in [0.5, 0.6) is 0 Å². The number of nitro groups is 1. The van der Waals surface area contributed by atoms with Gasteiger partial charge in [0.25, 0.3) is 5.69 Å². The van der Waals surface area contributed by atoms with Crippen molar-refractivity contribution < 1.29 is 4.92 Å². The van der Waals surface area contributed by atoms with Crippen LogP contribution in [0.2, 0.25) is 0 Å². The van der Waals surface area contributed by atoms with E-state index in [9.17, 15) is 10.1 Å². The standard InChI is InChI=1S/C13H16N6O2/c1-3-17(4-2)13-6-5-12(19(20)21)7-11(13)8-16-18-9-14-15-10-18/h5-10H,3-4H2,1-2H3. The fourth-order valence-electron chi connectivity index (χ4n) is 1.99. The van der Waals surface area contributed by atoms with E-state index in [4.69, 9.17) is 0 Å². The van der Waals surface area contributed by atoms with E-state index in [1.54, 1.807) is 12.3 Å². The largest absolute Gasteiger partial charge is 0.372 e. The van der Waals surface area contributed by atoms with E-state index in [2.05, 4.69) is 20.2 Å². The van der Waals surface area contributed by atoms with Crippen LogP contribution in [0.15, 0.2) is 36.0 Å². The van der Waals surface area contributed by atoms with E-state index in [0.29, 0.717) is 5.56 Å². The van der Waals surface area contributed by atoms with Crippen LogP contribution >= 0.6 is 0 Å². The lowest BCUT2D eigenvalue weighted by molar-refractivity contribution is -0.384. The molecule has 1 heterocycles. The SMILES string of the molecule is CCN(CC)c1ccc([N+](=O)[O-])cc1C=Nn1cnnc1. The smallest absolute Gasteiger partial charge is 0.270 e. The predicted molar refractivity (Wildman–Crippen MR) is 79.7 cm³/mol. The first kappa shape index (κ1) is 14.6. The van der Waals surface area contributed by atoms with E-state index < -0.39 is 4.92 Å². The maximum Gasteiger partial charge on any atom is 0.270 e. The predicted octanol–water partition coefficient (Wildman–Crippen LogP) is 1.91. The number of hydrogen-bond acceptors (Lipinski definition) is 6. The molecule has 0 N–H and O–H groups in total. The molecule has 110 valence electrons. The molecule has 8 heteroatoms. The molecule has 0 spiro atoms. The molecule has 0 aliphatic rings. The molecule has 0 saturated heterocycles. The monoisotopic (exact) mass is 288 g/mol. The Morgan fingerprint density at radius 3 is 2.57 bits per heavy atom. The summed E-state index contributed by atoms with van der Waals surface area (Å²) >= 11 is 0. The highest BCUT2D eigenvalue weighted by atomic mass is 16.6. The number of hydrogen-bond donors (Lipinski definition) is 0. The summed E-state index contributed by atoms with van der Waals surface area (Å²) in [5.41, 5.74) is 1.63. The van der Waals surface area contributed by atoms with E-state index >= 15 is 0 Å². The van der Waals surface area contributed by atoms with Gasteiger partial charge >= 0.3 is 0 Å². The lowest BCUT2D eigenvalue weighted by atomic mass is 10.1. The Bertz CT molecular complexity index is 634. The molecule has 0 atom stereocenters. The summed E-state index contributed by atoms with van der Waals surface area (Å²) in [6.07, 6.45) is 4.47. The summed E-state index contributed by atoms with van der Waals surface area (Å²) in [7, 11) is 0. The summed E-state index contributed by atoms with van der Waals surface area (Å²) in [6.45, 7) is 5.68. The Morgan fingerprint density at radius 1 is 1.33 bits per heavy atom. The lowest BCUT2D eigenvalue weighted by Gasteiger charge is -2.22. The number of benzene rings is 1. The van der Waals surface area contributed by atoms with Crippen LogP contribution in [0, 0.1) is 10.1 Å². The second-order valence-electron chi connectivity index (χ2n) is 4.26. The molecule has 2 rings (SSSR count). The van der Waals surface area contributed by atoms with Crippen molar-refractivity contribution in [1.29, 1.82) is 0 Å². The molecule has 0 aliphatic carbocycles. The molecule has 0 fully saturated rings. The van der Waals surface area contributed by atoms with Crippen LogP contribution in [-0.4, -0.2) is 39.1 Å². The van der Waals surface area contributed by atoms with Crippen LogP contribution in [-0.2, 0) is 0 Å². The third kappa shape index (κ3) is 3.41. The Balaban J connectivity index is 2.42. The van der Waals surface area contributed by atoms with Crippen molar-refractivity contribution in [1.82, 2.24) is 14.9 Å². The molecule has 0 saturated carbocycles. The molecule has 0 amide bonds. The van der Waals surface area contributed by atoms with Gasteiger partial charge in [-0.2, -0.15) is 5.10 Å². The molecule has 0 aliphatic heterocycles. The van der Waals surface area contributed by atoms with Crippen molar-refractivity contribution in [2.45, 2.75) is 13.8 Å². The Morgan fingerprint density at radius 2 is 2.00 bits per heavy atom. The van der Waals surface area contributed by atoms with Crippen molar-refractivity contribution in [2.24, 2.45) is 5.10 Å². The first-order valence-electron chi connectivity index (χ1n) is 6.58. The minimum Gasteiger partial charge on any atom is -0.372 e. The first-order chi connectivity index (χ1) is 10.2. The topological polar surface area (TPSA) is 89.5 Å².